The van der Waals surface area contributed by atoms with Crippen LogP contribution in [0.1, 0.15) is 13.3 Å². The molecule has 0 spiro atoms. The van der Waals surface area contributed by atoms with Gasteiger partial charge in [-0.05, 0) is 29.9 Å². The van der Waals surface area contributed by atoms with Gasteiger partial charge in [0.15, 0.2) is 0 Å². The largest absolute Gasteiger partial charge is 0.299 e. The van der Waals surface area contributed by atoms with Gasteiger partial charge in [-0.3, -0.25) is 10.4 Å². The molecule has 2 heteroatoms. The first-order valence-corrected chi connectivity index (χ1v) is 6.56. The van der Waals surface area contributed by atoms with Crippen LogP contribution in [-0.2, 0) is 0 Å². The molecule has 0 aromatic heterocycles. The Morgan fingerprint density at radius 2 is 1.89 bits per heavy atom. The molecule has 1 aliphatic rings. The molecule has 0 heterocycles. The van der Waals surface area contributed by atoms with Gasteiger partial charge in [0, 0.05) is 5.39 Å². The van der Waals surface area contributed by atoms with Gasteiger partial charge in [0.25, 0.3) is 0 Å². The SMILES string of the molecule is CC1C=CC(=N)C(=Nc2cccc3ccccc23)C1. The number of nitrogens with zero attached hydrogens (tertiary/aromatic N) is 1. The van der Waals surface area contributed by atoms with E-state index < -0.39 is 0 Å². The number of fused-ring (bicyclic) bond motifs is 1. The Bertz CT molecular complexity index is 690. The van der Waals surface area contributed by atoms with Crippen molar-refractivity contribution >= 4 is 27.9 Å². The molecule has 2 nitrogen and oxygen atoms in total. The summed E-state index contributed by atoms with van der Waals surface area (Å²) in [6.07, 6.45) is 4.78. The monoisotopic (exact) mass is 248 g/mol. The standard InChI is InChI=1S/C17H16N2/c1-12-9-10-15(18)17(11-12)19-16-8-4-6-13-5-2-3-7-14(13)16/h2-10,12,18H,11H2,1H3. The molecule has 2 aromatic rings. The molecule has 3 rings (SSSR count). The van der Waals surface area contributed by atoms with Gasteiger partial charge in [0.05, 0.1) is 17.1 Å². The van der Waals surface area contributed by atoms with E-state index in [4.69, 9.17) is 10.4 Å². The van der Waals surface area contributed by atoms with E-state index in [2.05, 4.69) is 31.2 Å². The number of nitrogens with one attached hydrogen (secondary N) is 1. The van der Waals surface area contributed by atoms with E-state index >= 15 is 0 Å². The lowest BCUT2D eigenvalue weighted by atomic mass is 9.94. The molecule has 0 bridgehead atoms. The molecule has 1 aliphatic carbocycles. The Hall–Kier alpha value is -2.22. The summed E-state index contributed by atoms with van der Waals surface area (Å²) < 4.78 is 0. The van der Waals surface area contributed by atoms with Gasteiger partial charge in [0.1, 0.15) is 0 Å². The highest BCUT2D eigenvalue weighted by atomic mass is 14.8. The Morgan fingerprint density at radius 3 is 2.79 bits per heavy atom. The predicted octanol–water partition coefficient (Wildman–Crippen LogP) is 4.53. The normalized spacial score (nSPS) is 21.2. The molecule has 2 aromatic carbocycles. The summed E-state index contributed by atoms with van der Waals surface area (Å²) in [5.74, 6) is 0.461. The van der Waals surface area contributed by atoms with Gasteiger partial charge in [-0.25, -0.2) is 0 Å². The van der Waals surface area contributed by atoms with Crippen LogP contribution in [0.4, 0.5) is 5.69 Å². The maximum absolute atomic E-state index is 7.98. The van der Waals surface area contributed by atoms with Gasteiger partial charge in [-0.2, -0.15) is 0 Å². The smallest absolute Gasteiger partial charge is 0.0752 e. The zero-order chi connectivity index (χ0) is 13.2. The van der Waals surface area contributed by atoms with Crippen molar-refractivity contribution in [3.63, 3.8) is 0 Å². The number of hydrogen-bond acceptors (Lipinski definition) is 2. The number of benzene rings is 2. The van der Waals surface area contributed by atoms with Crippen LogP contribution in [0.2, 0.25) is 0 Å². The van der Waals surface area contributed by atoms with Crippen molar-refractivity contribution in [1.82, 2.24) is 0 Å². The van der Waals surface area contributed by atoms with Crippen LogP contribution in [0.25, 0.3) is 10.8 Å². The minimum Gasteiger partial charge on any atom is -0.299 e. The molecule has 0 fully saturated rings. The maximum Gasteiger partial charge on any atom is 0.0752 e. The van der Waals surface area contributed by atoms with Crippen molar-refractivity contribution in [2.24, 2.45) is 10.9 Å². The Balaban J connectivity index is 2.10. The summed E-state index contributed by atoms with van der Waals surface area (Å²) in [5.41, 5.74) is 2.37. The fraction of sp³-hybridized carbons (Fsp3) is 0.176. The first-order chi connectivity index (χ1) is 9.24. The average Bonchev–Trinajstić information content (AvgIpc) is 2.43. The van der Waals surface area contributed by atoms with Gasteiger partial charge in [-0.15, -0.1) is 0 Å². The lowest BCUT2D eigenvalue weighted by molar-refractivity contribution is 0.767. The van der Waals surface area contributed by atoms with Crippen LogP contribution in [-0.4, -0.2) is 11.4 Å². The molecule has 0 amide bonds. The minimum atomic E-state index is 0.461. The number of rotatable bonds is 1. The molecule has 0 saturated heterocycles. The van der Waals surface area contributed by atoms with Crippen LogP contribution in [0.3, 0.4) is 0 Å². The second kappa shape index (κ2) is 4.81. The third kappa shape index (κ3) is 2.34. The second-order valence-electron chi connectivity index (χ2n) is 5.01. The minimum absolute atomic E-state index is 0.461. The van der Waals surface area contributed by atoms with Crippen LogP contribution in [0.5, 0.6) is 0 Å². The topological polar surface area (TPSA) is 36.2 Å². The third-order valence-corrected chi connectivity index (χ3v) is 3.44. The first-order valence-electron chi connectivity index (χ1n) is 6.56. The number of aliphatic imine (C=N–C) groups is 1. The number of allylic oxidation sites excluding steroid dienone is 2. The van der Waals surface area contributed by atoms with Crippen molar-refractivity contribution in [1.29, 1.82) is 5.41 Å². The summed E-state index contributed by atoms with van der Waals surface area (Å²) >= 11 is 0. The molecule has 0 saturated carbocycles. The number of hydrogen-bond donors (Lipinski definition) is 1. The molecule has 19 heavy (non-hydrogen) atoms. The maximum atomic E-state index is 7.98. The summed E-state index contributed by atoms with van der Waals surface area (Å²) in [6, 6.07) is 14.4. The summed E-state index contributed by atoms with van der Waals surface area (Å²) in [4.78, 5) is 4.72. The fourth-order valence-electron chi connectivity index (χ4n) is 2.40. The quantitative estimate of drug-likeness (QED) is 0.770. The highest BCUT2D eigenvalue weighted by Gasteiger charge is 2.14. The molecule has 1 atom stereocenters. The van der Waals surface area contributed by atoms with Crippen molar-refractivity contribution in [3.8, 4) is 0 Å². The van der Waals surface area contributed by atoms with Crippen LogP contribution in [0, 0.1) is 11.3 Å². The van der Waals surface area contributed by atoms with Gasteiger partial charge >= 0.3 is 0 Å². The summed E-state index contributed by atoms with van der Waals surface area (Å²) in [7, 11) is 0. The van der Waals surface area contributed by atoms with E-state index in [-0.39, 0.29) is 0 Å². The zero-order valence-corrected chi connectivity index (χ0v) is 10.9. The highest BCUT2D eigenvalue weighted by molar-refractivity contribution is 6.46. The molecule has 94 valence electrons. The molecular formula is C17H16N2. The lowest BCUT2D eigenvalue weighted by Gasteiger charge is -2.15. The van der Waals surface area contributed by atoms with E-state index in [0.717, 1.165) is 23.2 Å². The predicted molar refractivity (Wildman–Crippen MR) is 81.7 cm³/mol. The fourth-order valence-corrected chi connectivity index (χ4v) is 2.40. The van der Waals surface area contributed by atoms with E-state index in [0.29, 0.717) is 11.6 Å². The van der Waals surface area contributed by atoms with Gasteiger partial charge in [0.2, 0.25) is 0 Å². The van der Waals surface area contributed by atoms with Crippen LogP contribution >= 0.6 is 0 Å². The lowest BCUT2D eigenvalue weighted by Crippen LogP contribution is -2.18. The molecule has 1 N–H and O–H groups in total. The van der Waals surface area contributed by atoms with Crippen molar-refractivity contribution < 1.29 is 0 Å². The van der Waals surface area contributed by atoms with Crippen molar-refractivity contribution in [2.45, 2.75) is 13.3 Å². The summed E-state index contributed by atoms with van der Waals surface area (Å²) in [5, 5.41) is 10.3. The zero-order valence-electron chi connectivity index (χ0n) is 10.9. The summed E-state index contributed by atoms with van der Waals surface area (Å²) in [6.45, 7) is 2.15. The Labute approximate surface area is 113 Å². The van der Waals surface area contributed by atoms with Crippen molar-refractivity contribution in [3.05, 3.63) is 54.6 Å². The van der Waals surface area contributed by atoms with Gasteiger partial charge < -0.3 is 0 Å². The third-order valence-electron chi connectivity index (χ3n) is 3.44. The first kappa shape index (κ1) is 11.8. The molecular weight excluding hydrogens is 232 g/mol. The van der Waals surface area contributed by atoms with Gasteiger partial charge in [-0.1, -0.05) is 49.4 Å². The molecule has 0 aliphatic heterocycles. The Morgan fingerprint density at radius 1 is 1.11 bits per heavy atom. The van der Waals surface area contributed by atoms with E-state index in [1.807, 2.05) is 30.3 Å². The second-order valence-corrected chi connectivity index (χ2v) is 5.01. The van der Waals surface area contributed by atoms with Crippen LogP contribution < -0.4 is 0 Å². The molecule has 0 radical (unpaired) electrons. The Kier molecular flexibility index (Phi) is 3.00. The van der Waals surface area contributed by atoms with E-state index in [9.17, 15) is 0 Å². The van der Waals surface area contributed by atoms with Crippen molar-refractivity contribution in [2.75, 3.05) is 0 Å². The van der Waals surface area contributed by atoms with E-state index in [1.54, 1.807) is 0 Å². The van der Waals surface area contributed by atoms with E-state index in [1.165, 1.54) is 5.39 Å². The molecule has 1 unspecified atom stereocenters. The highest BCUT2D eigenvalue weighted by Crippen LogP contribution is 2.27. The van der Waals surface area contributed by atoms with Crippen LogP contribution in [0.15, 0.2) is 59.6 Å². The average molecular weight is 248 g/mol.